The molecule has 1 N–H and O–H groups in total. The third kappa shape index (κ3) is 4.53. The van der Waals surface area contributed by atoms with Gasteiger partial charge >= 0.3 is 0 Å². The van der Waals surface area contributed by atoms with Gasteiger partial charge in [-0.3, -0.25) is 4.79 Å². The van der Waals surface area contributed by atoms with E-state index < -0.39 is 6.04 Å². The summed E-state index contributed by atoms with van der Waals surface area (Å²) in [5.41, 5.74) is 4.17. The number of aromatic nitrogens is 3. The van der Waals surface area contributed by atoms with Crippen LogP contribution in [0.2, 0.25) is 0 Å². The standard InChI is InChI=1S/C30H27FN4O3/c1-2-37-26-17-21(13-16-25(26)38-18-19-7-4-3-5-8-19)28-27-23(9-6-10-24(27)36)32-30-33-29(34-35(28)30)20-11-14-22(31)15-12-20/h3-5,7-8,11-17,28H,2,6,9-10,18H2,1H3,(H,32,33,34). The lowest BCUT2D eigenvalue weighted by atomic mass is 9.85. The van der Waals surface area contributed by atoms with Gasteiger partial charge in [-0.25, -0.2) is 9.07 Å². The molecule has 3 aromatic carbocycles. The molecule has 38 heavy (non-hydrogen) atoms. The maximum Gasteiger partial charge on any atom is 0.226 e. The minimum Gasteiger partial charge on any atom is -0.490 e. The number of halogens is 1. The fourth-order valence-corrected chi connectivity index (χ4v) is 5.00. The number of anilines is 1. The molecule has 0 saturated heterocycles. The molecule has 6 rings (SSSR count). The quantitative estimate of drug-likeness (QED) is 0.325. The van der Waals surface area contributed by atoms with Crippen LogP contribution >= 0.6 is 0 Å². The summed E-state index contributed by atoms with van der Waals surface area (Å²) in [6, 6.07) is 21.3. The van der Waals surface area contributed by atoms with Gasteiger partial charge in [0.15, 0.2) is 23.1 Å². The molecule has 0 spiro atoms. The molecule has 1 atom stereocenters. The van der Waals surface area contributed by atoms with Crippen molar-refractivity contribution in [1.29, 1.82) is 0 Å². The highest BCUT2D eigenvalue weighted by Gasteiger charge is 2.37. The molecule has 0 amide bonds. The average molecular weight is 511 g/mol. The van der Waals surface area contributed by atoms with Crippen molar-refractivity contribution in [2.45, 2.75) is 38.8 Å². The number of carbonyl (C=O) groups is 1. The number of hydrogen-bond acceptors (Lipinski definition) is 6. The summed E-state index contributed by atoms with van der Waals surface area (Å²) in [4.78, 5) is 17.9. The fourth-order valence-electron chi connectivity index (χ4n) is 5.00. The van der Waals surface area contributed by atoms with Crippen molar-refractivity contribution in [2.75, 3.05) is 11.9 Å². The van der Waals surface area contributed by atoms with Crippen LogP contribution in [0, 0.1) is 5.82 Å². The number of fused-ring (bicyclic) bond motifs is 1. The maximum atomic E-state index is 13.5. The zero-order chi connectivity index (χ0) is 26.1. The van der Waals surface area contributed by atoms with Gasteiger partial charge in [0.05, 0.1) is 6.61 Å². The van der Waals surface area contributed by atoms with E-state index in [9.17, 15) is 9.18 Å². The number of ether oxygens (including phenoxy) is 2. The Balaban J connectivity index is 1.41. The summed E-state index contributed by atoms with van der Waals surface area (Å²) < 4.78 is 27.3. The van der Waals surface area contributed by atoms with E-state index in [1.54, 1.807) is 16.8 Å². The van der Waals surface area contributed by atoms with Gasteiger partial charge in [0.1, 0.15) is 18.5 Å². The largest absolute Gasteiger partial charge is 0.490 e. The Morgan fingerprint density at radius 2 is 1.82 bits per heavy atom. The van der Waals surface area contributed by atoms with Crippen molar-refractivity contribution in [2.24, 2.45) is 0 Å². The first-order chi connectivity index (χ1) is 18.6. The Kier molecular flexibility index (Phi) is 6.37. The van der Waals surface area contributed by atoms with Crippen LogP contribution in [0.15, 0.2) is 84.1 Å². The van der Waals surface area contributed by atoms with Gasteiger partial charge in [0.2, 0.25) is 5.95 Å². The molecule has 2 aliphatic rings. The number of nitrogens with one attached hydrogen (secondary N) is 1. The van der Waals surface area contributed by atoms with E-state index in [1.807, 2.05) is 55.5 Å². The molecule has 0 saturated carbocycles. The second-order valence-electron chi connectivity index (χ2n) is 9.32. The second-order valence-corrected chi connectivity index (χ2v) is 9.32. The lowest BCUT2D eigenvalue weighted by Gasteiger charge is -2.32. The van der Waals surface area contributed by atoms with Crippen LogP contribution in [0.4, 0.5) is 10.3 Å². The number of carbonyl (C=O) groups excluding carboxylic acids is 1. The van der Waals surface area contributed by atoms with Gasteiger partial charge in [-0.15, -0.1) is 5.10 Å². The number of hydrogen-bond donors (Lipinski definition) is 1. The molecule has 0 bridgehead atoms. The minimum absolute atomic E-state index is 0.0931. The highest BCUT2D eigenvalue weighted by atomic mass is 19.1. The molecule has 1 aromatic heterocycles. The summed E-state index contributed by atoms with van der Waals surface area (Å²) in [6.07, 6.45) is 2.03. The third-order valence-corrected chi connectivity index (χ3v) is 6.79. The normalized spacial score (nSPS) is 16.5. The van der Waals surface area contributed by atoms with Crippen LogP contribution in [-0.2, 0) is 11.4 Å². The van der Waals surface area contributed by atoms with Crippen LogP contribution in [0.1, 0.15) is 43.4 Å². The Labute approximate surface area is 219 Å². The van der Waals surface area contributed by atoms with Crippen molar-refractivity contribution in [3.63, 3.8) is 0 Å². The molecule has 0 radical (unpaired) electrons. The number of nitrogens with zero attached hydrogens (tertiary/aromatic N) is 3. The summed E-state index contributed by atoms with van der Waals surface area (Å²) in [7, 11) is 0. The lowest BCUT2D eigenvalue weighted by molar-refractivity contribution is -0.116. The predicted octanol–water partition coefficient (Wildman–Crippen LogP) is 6.08. The van der Waals surface area contributed by atoms with Gasteiger partial charge in [0, 0.05) is 23.3 Å². The first-order valence-corrected chi connectivity index (χ1v) is 12.8. The van der Waals surface area contributed by atoms with E-state index >= 15 is 0 Å². The Morgan fingerprint density at radius 1 is 1.00 bits per heavy atom. The van der Waals surface area contributed by atoms with Crippen LogP contribution in [-0.4, -0.2) is 27.2 Å². The smallest absolute Gasteiger partial charge is 0.226 e. The van der Waals surface area contributed by atoms with Gasteiger partial charge < -0.3 is 14.8 Å². The van der Waals surface area contributed by atoms with E-state index in [4.69, 9.17) is 19.6 Å². The fraction of sp³-hybridized carbons (Fsp3) is 0.233. The van der Waals surface area contributed by atoms with Crippen molar-refractivity contribution in [3.05, 3.63) is 101 Å². The zero-order valence-corrected chi connectivity index (χ0v) is 21.0. The third-order valence-electron chi connectivity index (χ3n) is 6.79. The first-order valence-electron chi connectivity index (χ1n) is 12.8. The number of Topliss-reactive ketones (excluding diaryl/α,β-unsaturated/α-hetero) is 1. The van der Waals surface area contributed by atoms with Gasteiger partial charge in [-0.05, 0) is 67.3 Å². The predicted molar refractivity (Wildman–Crippen MR) is 141 cm³/mol. The first kappa shape index (κ1) is 23.9. The topological polar surface area (TPSA) is 78.3 Å². The number of ketones is 1. The van der Waals surface area contributed by atoms with E-state index in [0.29, 0.717) is 54.0 Å². The van der Waals surface area contributed by atoms with Crippen molar-refractivity contribution < 1.29 is 18.7 Å². The van der Waals surface area contributed by atoms with Gasteiger partial charge in [-0.1, -0.05) is 36.4 Å². The Morgan fingerprint density at radius 3 is 2.61 bits per heavy atom. The van der Waals surface area contributed by atoms with E-state index in [0.717, 1.165) is 29.7 Å². The van der Waals surface area contributed by atoms with Crippen molar-refractivity contribution >= 4 is 11.7 Å². The van der Waals surface area contributed by atoms with Crippen molar-refractivity contribution in [3.8, 4) is 22.9 Å². The minimum atomic E-state index is -0.474. The highest BCUT2D eigenvalue weighted by molar-refractivity contribution is 5.99. The molecule has 1 aliphatic carbocycles. The molecule has 7 nitrogen and oxygen atoms in total. The highest BCUT2D eigenvalue weighted by Crippen LogP contribution is 2.42. The van der Waals surface area contributed by atoms with Crippen LogP contribution in [0.3, 0.4) is 0 Å². The van der Waals surface area contributed by atoms with Crippen LogP contribution < -0.4 is 14.8 Å². The summed E-state index contributed by atoms with van der Waals surface area (Å²) in [5.74, 6) is 2.00. The monoisotopic (exact) mass is 510 g/mol. The number of benzene rings is 3. The summed E-state index contributed by atoms with van der Waals surface area (Å²) in [6.45, 7) is 2.80. The molecule has 2 heterocycles. The summed E-state index contributed by atoms with van der Waals surface area (Å²) >= 11 is 0. The SMILES string of the molecule is CCOc1cc(C2C3=C(CCCC3=O)Nc3nc(-c4ccc(F)cc4)nn32)ccc1OCc1ccccc1. The number of allylic oxidation sites excluding steroid dienone is 2. The molecule has 192 valence electrons. The van der Waals surface area contributed by atoms with Crippen molar-refractivity contribution in [1.82, 2.24) is 14.8 Å². The molecule has 1 unspecified atom stereocenters. The van der Waals surface area contributed by atoms with Crippen LogP contribution in [0.25, 0.3) is 11.4 Å². The number of rotatable bonds is 7. The van der Waals surface area contributed by atoms with E-state index in [1.165, 1.54) is 12.1 Å². The molecule has 0 fully saturated rings. The van der Waals surface area contributed by atoms with Gasteiger partial charge in [-0.2, -0.15) is 4.98 Å². The Bertz CT molecular complexity index is 1510. The molecule has 1 aliphatic heterocycles. The zero-order valence-electron chi connectivity index (χ0n) is 21.0. The molecular formula is C30H27FN4O3. The summed E-state index contributed by atoms with van der Waals surface area (Å²) in [5, 5.41) is 8.11. The molecule has 4 aromatic rings. The van der Waals surface area contributed by atoms with Crippen LogP contribution in [0.5, 0.6) is 11.5 Å². The average Bonchev–Trinajstić information content (AvgIpc) is 3.36. The van der Waals surface area contributed by atoms with E-state index in [2.05, 4.69) is 5.32 Å². The maximum absolute atomic E-state index is 13.5. The van der Waals surface area contributed by atoms with E-state index in [-0.39, 0.29) is 11.6 Å². The second kappa shape index (κ2) is 10.1. The molecule has 8 heteroatoms. The lowest BCUT2D eigenvalue weighted by Crippen LogP contribution is -2.31. The van der Waals surface area contributed by atoms with Gasteiger partial charge in [0.25, 0.3) is 0 Å². The Hall–Kier alpha value is -4.46. The molecular weight excluding hydrogens is 483 g/mol.